The second-order valence-electron chi connectivity index (χ2n) is 7.08. The lowest BCUT2D eigenvalue weighted by atomic mass is 9.88. The van der Waals surface area contributed by atoms with Gasteiger partial charge in [0, 0.05) is 17.6 Å². The third-order valence-corrected chi connectivity index (χ3v) is 4.11. The van der Waals surface area contributed by atoms with Gasteiger partial charge in [-0.15, -0.1) is 0 Å². The molecule has 2 rings (SSSR count). The molecule has 2 unspecified atom stereocenters. The summed E-state index contributed by atoms with van der Waals surface area (Å²) < 4.78 is 11.7. The molecule has 1 saturated carbocycles. The predicted octanol–water partition coefficient (Wildman–Crippen LogP) is 4.26. The Labute approximate surface area is 123 Å². The van der Waals surface area contributed by atoms with Crippen LogP contribution in [0.25, 0.3) is 0 Å². The van der Waals surface area contributed by atoms with Crippen LogP contribution in [-0.4, -0.2) is 11.6 Å². The van der Waals surface area contributed by atoms with Gasteiger partial charge in [0.05, 0.1) is 12.4 Å². The van der Waals surface area contributed by atoms with Gasteiger partial charge in [0.2, 0.25) is 0 Å². The van der Waals surface area contributed by atoms with Crippen molar-refractivity contribution in [1.29, 1.82) is 0 Å². The molecule has 114 valence electrons. The molecule has 0 amide bonds. The first-order valence-electron chi connectivity index (χ1n) is 7.87. The molecule has 1 heterocycles. The van der Waals surface area contributed by atoms with Crippen molar-refractivity contribution < 1.29 is 9.15 Å². The van der Waals surface area contributed by atoms with Crippen LogP contribution in [0.3, 0.4) is 0 Å². The third-order valence-electron chi connectivity index (χ3n) is 4.11. The minimum Gasteiger partial charge on any atom is -0.467 e. The van der Waals surface area contributed by atoms with Gasteiger partial charge in [-0.25, -0.2) is 0 Å². The Hall–Kier alpha value is -0.800. The van der Waals surface area contributed by atoms with E-state index in [2.05, 4.69) is 33.0 Å². The van der Waals surface area contributed by atoms with E-state index in [0.29, 0.717) is 18.6 Å². The summed E-state index contributed by atoms with van der Waals surface area (Å²) in [6.07, 6.45) is 7.30. The minimum atomic E-state index is 0.118. The zero-order valence-electron chi connectivity index (χ0n) is 13.4. The number of furan rings is 1. The SMILES string of the molecule is CC1CCCCC1OCc1occc1CNC(C)(C)C. The van der Waals surface area contributed by atoms with Crippen molar-refractivity contribution >= 4 is 0 Å². The molecule has 0 bridgehead atoms. The van der Waals surface area contributed by atoms with E-state index >= 15 is 0 Å². The zero-order valence-corrected chi connectivity index (χ0v) is 13.4. The minimum absolute atomic E-state index is 0.118. The number of rotatable bonds is 5. The van der Waals surface area contributed by atoms with Gasteiger partial charge in [-0.05, 0) is 45.6 Å². The maximum absolute atomic E-state index is 6.09. The molecule has 2 atom stereocenters. The molecule has 1 N–H and O–H groups in total. The van der Waals surface area contributed by atoms with Crippen molar-refractivity contribution in [1.82, 2.24) is 5.32 Å². The highest BCUT2D eigenvalue weighted by Crippen LogP contribution is 2.27. The van der Waals surface area contributed by atoms with Crippen LogP contribution >= 0.6 is 0 Å². The van der Waals surface area contributed by atoms with Crippen molar-refractivity contribution in [2.24, 2.45) is 5.92 Å². The van der Waals surface area contributed by atoms with Crippen molar-refractivity contribution in [3.63, 3.8) is 0 Å². The van der Waals surface area contributed by atoms with E-state index in [4.69, 9.17) is 9.15 Å². The van der Waals surface area contributed by atoms with Crippen LogP contribution in [0.5, 0.6) is 0 Å². The number of hydrogen-bond donors (Lipinski definition) is 1. The molecule has 3 nitrogen and oxygen atoms in total. The Morgan fingerprint density at radius 2 is 2.05 bits per heavy atom. The summed E-state index contributed by atoms with van der Waals surface area (Å²) in [5, 5.41) is 3.50. The molecule has 1 aliphatic carbocycles. The quantitative estimate of drug-likeness (QED) is 0.874. The van der Waals surface area contributed by atoms with E-state index < -0.39 is 0 Å². The van der Waals surface area contributed by atoms with E-state index in [-0.39, 0.29) is 5.54 Å². The molecule has 0 spiro atoms. The van der Waals surface area contributed by atoms with Crippen LogP contribution in [0.4, 0.5) is 0 Å². The molecule has 0 aliphatic heterocycles. The van der Waals surface area contributed by atoms with Gasteiger partial charge >= 0.3 is 0 Å². The van der Waals surface area contributed by atoms with E-state index in [1.807, 2.05) is 6.07 Å². The van der Waals surface area contributed by atoms with Crippen LogP contribution in [0, 0.1) is 5.92 Å². The summed E-state index contributed by atoms with van der Waals surface area (Å²) in [6.45, 7) is 10.3. The lowest BCUT2D eigenvalue weighted by molar-refractivity contribution is -0.0223. The fraction of sp³-hybridized carbons (Fsp3) is 0.765. The molecule has 0 radical (unpaired) electrons. The first-order chi connectivity index (χ1) is 9.46. The highest BCUT2D eigenvalue weighted by Gasteiger charge is 2.22. The van der Waals surface area contributed by atoms with Crippen LogP contribution in [0.1, 0.15) is 64.7 Å². The van der Waals surface area contributed by atoms with Crippen LogP contribution < -0.4 is 5.32 Å². The second-order valence-corrected chi connectivity index (χ2v) is 7.08. The lowest BCUT2D eigenvalue weighted by Gasteiger charge is -2.28. The van der Waals surface area contributed by atoms with Gasteiger partial charge in [-0.2, -0.15) is 0 Å². The standard InChI is InChI=1S/C17H29NO2/c1-13-7-5-6-8-15(13)20-12-16-14(9-10-19-16)11-18-17(2,3)4/h9-10,13,15,18H,5-8,11-12H2,1-4H3. The summed E-state index contributed by atoms with van der Waals surface area (Å²) in [5.41, 5.74) is 1.33. The molecular weight excluding hydrogens is 250 g/mol. The molecule has 1 fully saturated rings. The van der Waals surface area contributed by atoms with Gasteiger partial charge in [0.25, 0.3) is 0 Å². The highest BCUT2D eigenvalue weighted by atomic mass is 16.5. The van der Waals surface area contributed by atoms with Gasteiger partial charge in [-0.1, -0.05) is 19.8 Å². The summed E-state index contributed by atoms with van der Waals surface area (Å²) in [7, 11) is 0. The first kappa shape index (κ1) is 15.6. The molecule has 0 saturated heterocycles. The first-order valence-corrected chi connectivity index (χ1v) is 7.87. The second kappa shape index (κ2) is 6.77. The van der Waals surface area contributed by atoms with Gasteiger partial charge in [0.15, 0.2) is 0 Å². The summed E-state index contributed by atoms with van der Waals surface area (Å²) in [4.78, 5) is 0. The molecule has 1 aromatic rings. The Bertz CT molecular complexity index is 405. The van der Waals surface area contributed by atoms with Crippen molar-refractivity contribution in [3.05, 3.63) is 23.7 Å². The maximum Gasteiger partial charge on any atom is 0.133 e. The maximum atomic E-state index is 6.09. The summed E-state index contributed by atoms with van der Waals surface area (Å²) in [6, 6.07) is 2.04. The predicted molar refractivity (Wildman–Crippen MR) is 81.5 cm³/mol. The van der Waals surface area contributed by atoms with Crippen molar-refractivity contribution in [3.8, 4) is 0 Å². The molecule has 0 aromatic carbocycles. The van der Waals surface area contributed by atoms with Crippen LogP contribution in [0.2, 0.25) is 0 Å². The van der Waals surface area contributed by atoms with E-state index in [1.165, 1.54) is 31.2 Å². The summed E-state index contributed by atoms with van der Waals surface area (Å²) in [5.74, 6) is 1.65. The number of hydrogen-bond acceptors (Lipinski definition) is 3. The lowest BCUT2D eigenvalue weighted by Crippen LogP contribution is -2.35. The fourth-order valence-electron chi connectivity index (χ4n) is 2.72. The van der Waals surface area contributed by atoms with Crippen molar-refractivity contribution in [2.45, 2.75) is 78.2 Å². The molecule has 3 heteroatoms. The summed E-state index contributed by atoms with van der Waals surface area (Å²) >= 11 is 0. The smallest absolute Gasteiger partial charge is 0.133 e. The zero-order chi connectivity index (χ0) is 14.6. The topological polar surface area (TPSA) is 34.4 Å². The van der Waals surface area contributed by atoms with Crippen LogP contribution in [0.15, 0.2) is 16.7 Å². The monoisotopic (exact) mass is 279 g/mol. The Balaban J connectivity index is 1.85. The fourth-order valence-corrected chi connectivity index (χ4v) is 2.72. The van der Waals surface area contributed by atoms with E-state index in [0.717, 1.165) is 12.3 Å². The Kier molecular flexibility index (Phi) is 5.28. The Morgan fingerprint density at radius 1 is 1.30 bits per heavy atom. The van der Waals surface area contributed by atoms with Crippen LogP contribution in [-0.2, 0) is 17.9 Å². The molecule has 1 aromatic heterocycles. The third kappa shape index (κ3) is 4.64. The largest absolute Gasteiger partial charge is 0.467 e. The molecular formula is C17H29NO2. The van der Waals surface area contributed by atoms with Crippen molar-refractivity contribution in [2.75, 3.05) is 0 Å². The molecule has 20 heavy (non-hydrogen) atoms. The normalized spacial score (nSPS) is 24.0. The van der Waals surface area contributed by atoms with Gasteiger partial charge in [-0.3, -0.25) is 0 Å². The average molecular weight is 279 g/mol. The van der Waals surface area contributed by atoms with E-state index in [9.17, 15) is 0 Å². The van der Waals surface area contributed by atoms with Gasteiger partial charge in [0.1, 0.15) is 12.4 Å². The molecule has 1 aliphatic rings. The highest BCUT2D eigenvalue weighted by molar-refractivity contribution is 5.16. The average Bonchev–Trinajstić information content (AvgIpc) is 2.82. The number of ether oxygens (including phenoxy) is 1. The number of nitrogens with one attached hydrogen (secondary N) is 1. The van der Waals surface area contributed by atoms with Gasteiger partial charge < -0.3 is 14.5 Å². The van der Waals surface area contributed by atoms with E-state index in [1.54, 1.807) is 6.26 Å². The Morgan fingerprint density at radius 3 is 2.75 bits per heavy atom.